The molecule has 0 fully saturated rings. The third kappa shape index (κ3) is 1.93. The van der Waals surface area contributed by atoms with Gasteiger partial charge in [-0.3, -0.25) is 0 Å². The standard InChI is InChI=1S/C11H8N2O5/c1-17-11(16)8-9(18-5-13-8)6-3-2-4-12-7(6)10(14)15/h2-5H,1H3,(H,14,15). The predicted octanol–water partition coefficient (Wildman–Crippen LogP) is 1.22. The number of carboxylic acid groups (broad SMARTS) is 1. The Balaban J connectivity index is 2.60. The van der Waals surface area contributed by atoms with E-state index < -0.39 is 11.9 Å². The molecule has 0 radical (unpaired) electrons. The zero-order valence-electron chi connectivity index (χ0n) is 9.28. The Morgan fingerprint density at radius 1 is 1.33 bits per heavy atom. The van der Waals surface area contributed by atoms with E-state index in [1.54, 1.807) is 0 Å². The molecule has 92 valence electrons. The Labute approximate surface area is 101 Å². The van der Waals surface area contributed by atoms with Crippen LogP contribution in [0.15, 0.2) is 29.1 Å². The van der Waals surface area contributed by atoms with E-state index in [1.165, 1.54) is 25.4 Å². The number of hydrogen-bond donors (Lipinski definition) is 1. The van der Waals surface area contributed by atoms with Crippen molar-refractivity contribution in [3.05, 3.63) is 36.1 Å². The highest BCUT2D eigenvalue weighted by molar-refractivity contribution is 5.98. The number of methoxy groups -OCH3 is 1. The van der Waals surface area contributed by atoms with Crippen molar-refractivity contribution in [1.82, 2.24) is 9.97 Å². The lowest BCUT2D eigenvalue weighted by atomic mass is 10.1. The molecule has 0 bridgehead atoms. The van der Waals surface area contributed by atoms with Crippen molar-refractivity contribution in [2.75, 3.05) is 7.11 Å². The van der Waals surface area contributed by atoms with Crippen LogP contribution in [0.3, 0.4) is 0 Å². The molecule has 0 aliphatic heterocycles. The number of nitrogens with zero attached hydrogens (tertiary/aromatic N) is 2. The van der Waals surface area contributed by atoms with Gasteiger partial charge < -0.3 is 14.3 Å². The van der Waals surface area contributed by atoms with Gasteiger partial charge in [-0.15, -0.1) is 0 Å². The molecule has 2 heterocycles. The molecule has 18 heavy (non-hydrogen) atoms. The third-order valence-electron chi connectivity index (χ3n) is 2.20. The normalized spacial score (nSPS) is 10.1. The van der Waals surface area contributed by atoms with Gasteiger partial charge in [0.2, 0.25) is 0 Å². The number of ether oxygens (including phenoxy) is 1. The lowest BCUT2D eigenvalue weighted by Gasteiger charge is -2.02. The summed E-state index contributed by atoms with van der Waals surface area (Å²) in [5.74, 6) is -1.91. The van der Waals surface area contributed by atoms with Crippen LogP contribution in [0.5, 0.6) is 0 Å². The van der Waals surface area contributed by atoms with Crippen molar-refractivity contribution in [3.63, 3.8) is 0 Å². The Kier molecular flexibility index (Phi) is 3.05. The summed E-state index contributed by atoms with van der Waals surface area (Å²) in [6.45, 7) is 0. The summed E-state index contributed by atoms with van der Waals surface area (Å²) in [6, 6.07) is 3.01. The van der Waals surface area contributed by atoms with E-state index >= 15 is 0 Å². The number of aromatic carboxylic acids is 1. The van der Waals surface area contributed by atoms with E-state index in [4.69, 9.17) is 9.52 Å². The fourth-order valence-corrected chi connectivity index (χ4v) is 1.44. The molecule has 7 heteroatoms. The summed E-state index contributed by atoms with van der Waals surface area (Å²) in [5, 5.41) is 9.01. The minimum absolute atomic E-state index is 0.0207. The van der Waals surface area contributed by atoms with E-state index in [2.05, 4.69) is 14.7 Å². The second kappa shape index (κ2) is 4.66. The molecule has 1 N–H and O–H groups in total. The summed E-state index contributed by atoms with van der Waals surface area (Å²) in [7, 11) is 1.20. The molecule has 2 aromatic rings. The van der Waals surface area contributed by atoms with Crippen molar-refractivity contribution in [3.8, 4) is 11.3 Å². The topological polar surface area (TPSA) is 103 Å². The Hall–Kier alpha value is -2.70. The lowest BCUT2D eigenvalue weighted by Crippen LogP contribution is -2.06. The molecule has 0 saturated heterocycles. The minimum atomic E-state index is -1.22. The maximum absolute atomic E-state index is 11.4. The van der Waals surface area contributed by atoms with Gasteiger partial charge >= 0.3 is 11.9 Å². The van der Waals surface area contributed by atoms with Crippen LogP contribution in [-0.2, 0) is 4.74 Å². The average Bonchev–Trinajstić information content (AvgIpc) is 2.86. The largest absolute Gasteiger partial charge is 0.476 e. The highest BCUT2D eigenvalue weighted by Gasteiger charge is 2.23. The molecular weight excluding hydrogens is 240 g/mol. The van der Waals surface area contributed by atoms with Crippen LogP contribution in [0.25, 0.3) is 11.3 Å². The summed E-state index contributed by atoms with van der Waals surface area (Å²) in [6.07, 6.45) is 2.38. The van der Waals surface area contributed by atoms with Crippen molar-refractivity contribution in [2.24, 2.45) is 0 Å². The van der Waals surface area contributed by atoms with Gasteiger partial charge in [-0.25, -0.2) is 19.6 Å². The number of esters is 1. The second-order valence-electron chi connectivity index (χ2n) is 3.23. The van der Waals surface area contributed by atoms with Crippen molar-refractivity contribution in [2.45, 2.75) is 0 Å². The number of oxazole rings is 1. The first-order chi connectivity index (χ1) is 8.65. The number of carbonyl (C=O) groups is 2. The van der Waals surface area contributed by atoms with Crippen molar-refractivity contribution < 1.29 is 23.8 Å². The SMILES string of the molecule is COC(=O)c1ncoc1-c1cccnc1C(=O)O. The summed E-state index contributed by atoms with van der Waals surface area (Å²) in [5.41, 5.74) is -0.143. The number of aromatic nitrogens is 2. The number of carbonyl (C=O) groups excluding carboxylic acids is 1. The van der Waals surface area contributed by atoms with Crippen LogP contribution in [-0.4, -0.2) is 34.1 Å². The molecule has 0 spiro atoms. The van der Waals surface area contributed by atoms with Gasteiger partial charge in [-0.2, -0.15) is 0 Å². The van der Waals surface area contributed by atoms with Crippen LogP contribution >= 0.6 is 0 Å². The van der Waals surface area contributed by atoms with Crippen LogP contribution in [0.2, 0.25) is 0 Å². The van der Waals surface area contributed by atoms with E-state index in [1.807, 2.05) is 0 Å². The van der Waals surface area contributed by atoms with Gasteiger partial charge in [-0.05, 0) is 12.1 Å². The van der Waals surface area contributed by atoms with E-state index in [-0.39, 0.29) is 22.7 Å². The molecule has 0 aliphatic rings. The molecular formula is C11H8N2O5. The fraction of sp³-hybridized carbons (Fsp3) is 0.0909. The number of pyridine rings is 1. The van der Waals surface area contributed by atoms with Crippen LogP contribution < -0.4 is 0 Å². The van der Waals surface area contributed by atoms with Crippen LogP contribution in [0.1, 0.15) is 21.0 Å². The molecule has 0 unspecified atom stereocenters. The zero-order valence-corrected chi connectivity index (χ0v) is 9.28. The van der Waals surface area contributed by atoms with Crippen molar-refractivity contribution >= 4 is 11.9 Å². The van der Waals surface area contributed by atoms with Gasteiger partial charge in [0.1, 0.15) is 0 Å². The Morgan fingerprint density at radius 2 is 2.11 bits per heavy atom. The molecule has 2 rings (SSSR count). The zero-order chi connectivity index (χ0) is 13.1. The first-order valence-corrected chi connectivity index (χ1v) is 4.85. The van der Waals surface area contributed by atoms with E-state index in [0.29, 0.717) is 0 Å². The highest BCUT2D eigenvalue weighted by atomic mass is 16.5. The molecule has 0 aliphatic carbocycles. The van der Waals surface area contributed by atoms with Gasteiger partial charge in [0.05, 0.1) is 12.7 Å². The van der Waals surface area contributed by atoms with E-state index in [9.17, 15) is 9.59 Å². The minimum Gasteiger partial charge on any atom is -0.476 e. The molecule has 2 aromatic heterocycles. The van der Waals surface area contributed by atoms with Gasteiger partial charge in [-0.1, -0.05) is 0 Å². The van der Waals surface area contributed by atoms with E-state index in [0.717, 1.165) is 6.39 Å². The molecule has 0 saturated carbocycles. The Bertz CT molecular complexity index is 605. The fourth-order valence-electron chi connectivity index (χ4n) is 1.44. The van der Waals surface area contributed by atoms with Crippen molar-refractivity contribution in [1.29, 1.82) is 0 Å². The van der Waals surface area contributed by atoms with Crippen LogP contribution in [0.4, 0.5) is 0 Å². The third-order valence-corrected chi connectivity index (χ3v) is 2.20. The summed E-state index contributed by atoms with van der Waals surface area (Å²) >= 11 is 0. The first-order valence-electron chi connectivity index (χ1n) is 4.85. The van der Waals surface area contributed by atoms with Crippen LogP contribution in [0, 0.1) is 0 Å². The van der Waals surface area contributed by atoms with Gasteiger partial charge in [0, 0.05) is 6.20 Å². The summed E-state index contributed by atoms with van der Waals surface area (Å²) in [4.78, 5) is 29.9. The predicted molar refractivity (Wildman–Crippen MR) is 58.0 cm³/mol. The number of carboxylic acids is 1. The first kappa shape index (κ1) is 11.8. The maximum Gasteiger partial charge on any atom is 0.360 e. The quantitative estimate of drug-likeness (QED) is 0.814. The lowest BCUT2D eigenvalue weighted by molar-refractivity contribution is 0.0593. The molecule has 0 atom stereocenters. The average molecular weight is 248 g/mol. The number of rotatable bonds is 3. The van der Waals surface area contributed by atoms with Gasteiger partial charge in [0.25, 0.3) is 0 Å². The second-order valence-corrected chi connectivity index (χ2v) is 3.23. The number of hydrogen-bond acceptors (Lipinski definition) is 6. The smallest absolute Gasteiger partial charge is 0.360 e. The monoisotopic (exact) mass is 248 g/mol. The Morgan fingerprint density at radius 3 is 2.78 bits per heavy atom. The maximum atomic E-state index is 11.4. The molecule has 7 nitrogen and oxygen atoms in total. The molecule has 0 amide bonds. The van der Waals surface area contributed by atoms with Gasteiger partial charge in [0.15, 0.2) is 23.5 Å². The highest BCUT2D eigenvalue weighted by Crippen LogP contribution is 2.25. The summed E-state index contributed by atoms with van der Waals surface area (Å²) < 4.78 is 9.58. The molecule has 0 aromatic carbocycles.